The Labute approximate surface area is 155 Å². The average molecular weight is 354 g/mol. The van der Waals surface area contributed by atoms with Gasteiger partial charge in [0, 0.05) is 57.2 Å². The molecule has 1 aromatic carbocycles. The van der Waals surface area contributed by atoms with Crippen molar-refractivity contribution in [3.05, 3.63) is 54.0 Å². The van der Waals surface area contributed by atoms with E-state index < -0.39 is 0 Å². The number of rotatable bonds is 3. The van der Waals surface area contributed by atoms with Crippen molar-refractivity contribution in [2.75, 3.05) is 49.1 Å². The second kappa shape index (κ2) is 7.62. The highest BCUT2D eigenvalue weighted by atomic mass is 19.1. The number of hydrogen-bond donors (Lipinski definition) is 0. The molecule has 0 unspecified atom stereocenters. The zero-order valence-electron chi connectivity index (χ0n) is 15.4. The monoisotopic (exact) mass is 354 g/mol. The van der Waals surface area contributed by atoms with Gasteiger partial charge in [-0.3, -0.25) is 4.90 Å². The van der Waals surface area contributed by atoms with Gasteiger partial charge in [0.25, 0.3) is 0 Å². The maximum atomic E-state index is 13.3. The van der Waals surface area contributed by atoms with E-state index in [-0.39, 0.29) is 5.82 Å². The van der Waals surface area contributed by atoms with E-state index in [2.05, 4.69) is 31.8 Å². The van der Waals surface area contributed by atoms with Gasteiger partial charge in [0.1, 0.15) is 11.6 Å². The van der Waals surface area contributed by atoms with Crippen LogP contribution in [0.3, 0.4) is 0 Å². The Hall–Kier alpha value is -2.14. The fraction of sp³-hybridized carbons (Fsp3) is 0.476. The zero-order valence-corrected chi connectivity index (χ0v) is 15.4. The minimum Gasteiger partial charge on any atom is -0.371 e. The lowest BCUT2D eigenvalue weighted by Crippen LogP contribution is -2.53. The molecule has 0 spiro atoms. The largest absolute Gasteiger partial charge is 0.371 e. The quantitative estimate of drug-likeness (QED) is 0.843. The van der Waals surface area contributed by atoms with Crippen molar-refractivity contribution in [2.24, 2.45) is 0 Å². The molecule has 0 atom stereocenters. The number of benzene rings is 1. The molecule has 2 aromatic rings. The van der Waals surface area contributed by atoms with Crippen LogP contribution < -0.4 is 9.80 Å². The Bertz CT molecular complexity index is 720. The maximum Gasteiger partial charge on any atom is 0.128 e. The lowest BCUT2D eigenvalue weighted by Gasteiger charge is -2.43. The van der Waals surface area contributed by atoms with Crippen molar-refractivity contribution in [3.8, 4) is 0 Å². The van der Waals surface area contributed by atoms with Gasteiger partial charge in [0.15, 0.2) is 0 Å². The minimum absolute atomic E-state index is 0.146. The molecule has 2 aliphatic rings. The highest BCUT2D eigenvalue weighted by molar-refractivity contribution is 5.53. The van der Waals surface area contributed by atoms with E-state index in [9.17, 15) is 4.39 Å². The van der Waals surface area contributed by atoms with Crippen LogP contribution >= 0.6 is 0 Å². The number of aromatic nitrogens is 1. The zero-order chi connectivity index (χ0) is 17.9. The molecular weight excluding hydrogens is 327 g/mol. The molecule has 0 radical (unpaired) electrons. The third-order valence-electron chi connectivity index (χ3n) is 5.77. The van der Waals surface area contributed by atoms with E-state index in [1.54, 1.807) is 12.1 Å². The van der Waals surface area contributed by atoms with E-state index in [1.807, 2.05) is 25.3 Å². The van der Waals surface area contributed by atoms with Crippen LogP contribution in [-0.2, 0) is 0 Å². The van der Waals surface area contributed by atoms with E-state index in [4.69, 9.17) is 0 Å². The van der Waals surface area contributed by atoms with Gasteiger partial charge in [0.05, 0.1) is 0 Å². The minimum atomic E-state index is -0.146. The van der Waals surface area contributed by atoms with Crippen molar-refractivity contribution >= 4 is 11.5 Å². The lowest BCUT2D eigenvalue weighted by atomic mass is 10.0. The summed E-state index contributed by atoms with van der Waals surface area (Å²) in [5, 5.41) is 0. The highest BCUT2D eigenvalue weighted by Crippen LogP contribution is 2.27. The average Bonchev–Trinajstić information content (AvgIpc) is 2.69. The highest BCUT2D eigenvalue weighted by Gasteiger charge is 2.28. The second-order valence-corrected chi connectivity index (χ2v) is 7.36. The van der Waals surface area contributed by atoms with Gasteiger partial charge in [-0.15, -0.1) is 0 Å². The van der Waals surface area contributed by atoms with Crippen LogP contribution in [0.25, 0.3) is 0 Å². The van der Waals surface area contributed by atoms with Crippen LogP contribution in [0.1, 0.15) is 18.4 Å². The third kappa shape index (κ3) is 3.68. The Morgan fingerprint density at radius 2 is 1.69 bits per heavy atom. The summed E-state index contributed by atoms with van der Waals surface area (Å²) >= 11 is 0. The van der Waals surface area contributed by atoms with Crippen molar-refractivity contribution in [3.63, 3.8) is 0 Å². The molecule has 0 amide bonds. The summed E-state index contributed by atoms with van der Waals surface area (Å²) in [6.07, 6.45) is 4.23. The summed E-state index contributed by atoms with van der Waals surface area (Å²) in [6.45, 7) is 8.42. The smallest absolute Gasteiger partial charge is 0.128 e. The van der Waals surface area contributed by atoms with Crippen molar-refractivity contribution in [1.29, 1.82) is 0 Å². The molecule has 1 aromatic heterocycles. The molecular formula is C21H27FN4. The van der Waals surface area contributed by atoms with Gasteiger partial charge in [-0.05, 0) is 55.7 Å². The van der Waals surface area contributed by atoms with E-state index in [1.165, 1.54) is 18.5 Å². The number of halogens is 1. The van der Waals surface area contributed by atoms with Crippen LogP contribution in [0.5, 0.6) is 0 Å². The SMILES string of the molecule is Cc1cc(F)ccc1N1CCC(N2CCN(c3ccccn3)CC2)CC1. The summed E-state index contributed by atoms with van der Waals surface area (Å²) < 4.78 is 13.3. The molecule has 2 fully saturated rings. The molecule has 5 heteroatoms. The molecule has 4 nitrogen and oxygen atoms in total. The molecule has 0 bridgehead atoms. The summed E-state index contributed by atoms with van der Waals surface area (Å²) in [4.78, 5) is 11.9. The molecule has 0 saturated carbocycles. The number of piperidine rings is 1. The lowest BCUT2D eigenvalue weighted by molar-refractivity contribution is 0.159. The van der Waals surface area contributed by atoms with Gasteiger partial charge in [-0.1, -0.05) is 6.07 Å². The second-order valence-electron chi connectivity index (χ2n) is 7.36. The van der Waals surface area contributed by atoms with E-state index >= 15 is 0 Å². The third-order valence-corrected chi connectivity index (χ3v) is 5.77. The first-order valence-electron chi connectivity index (χ1n) is 9.62. The van der Waals surface area contributed by atoms with Gasteiger partial charge in [-0.25, -0.2) is 9.37 Å². The van der Waals surface area contributed by atoms with Gasteiger partial charge >= 0.3 is 0 Å². The first-order valence-corrected chi connectivity index (χ1v) is 9.62. The molecule has 26 heavy (non-hydrogen) atoms. The van der Waals surface area contributed by atoms with Crippen LogP contribution in [-0.4, -0.2) is 55.2 Å². The van der Waals surface area contributed by atoms with Gasteiger partial charge in [0.2, 0.25) is 0 Å². The normalized spacial score (nSPS) is 19.8. The number of piperazine rings is 1. The topological polar surface area (TPSA) is 22.6 Å². The summed E-state index contributed by atoms with van der Waals surface area (Å²) in [6, 6.07) is 11.9. The van der Waals surface area contributed by atoms with Crippen LogP contribution in [0.2, 0.25) is 0 Å². The predicted octanol–water partition coefficient (Wildman–Crippen LogP) is 3.32. The molecule has 2 aliphatic heterocycles. The summed E-state index contributed by atoms with van der Waals surface area (Å²) in [5.74, 6) is 0.945. The van der Waals surface area contributed by atoms with E-state index in [0.29, 0.717) is 6.04 Å². The molecule has 0 N–H and O–H groups in total. The Morgan fingerprint density at radius 3 is 2.35 bits per heavy atom. The number of aryl methyl sites for hydroxylation is 1. The first-order chi connectivity index (χ1) is 12.7. The van der Waals surface area contributed by atoms with Crippen LogP contribution in [0.4, 0.5) is 15.9 Å². The molecule has 138 valence electrons. The predicted molar refractivity (Wildman–Crippen MR) is 104 cm³/mol. The first kappa shape index (κ1) is 17.3. The van der Waals surface area contributed by atoms with Gasteiger partial charge < -0.3 is 9.80 Å². The Kier molecular flexibility index (Phi) is 5.07. The summed E-state index contributed by atoms with van der Waals surface area (Å²) in [5.41, 5.74) is 2.22. The molecule has 0 aliphatic carbocycles. The number of anilines is 2. The van der Waals surface area contributed by atoms with Crippen molar-refractivity contribution in [1.82, 2.24) is 9.88 Å². The van der Waals surface area contributed by atoms with Crippen molar-refractivity contribution in [2.45, 2.75) is 25.8 Å². The van der Waals surface area contributed by atoms with Crippen LogP contribution in [0.15, 0.2) is 42.6 Å². The molecule has 2 saturated heterocycles. The Morgan fingerprint density at radius 1 is 0.923 bits per heavy atom. The van der Waals surface area contributed by atoms with Crippen molar-refractivity contribution < 1.29 is 4.39 Å². The number of hydrogen-bond acceptors (Lipinski definition) is 4. The fourth-order valence-corrected chi connectivity index (χ4v) is 4.30. The Balaban J connectivity index is 1.30. The molecule has 4 rings (SSSR count). The fourth-order valence-electron chi connectivity index (χ4n) is 4.30. The number of pyridine rings is 1. The summed E-state index contributed by atoms with van der Waals surface area (Å²) in [7, 11) is 0. The standard InChI is InChI=1S/C21H27FN4/c1-17-16-18(22)5-6-20(17)25-10-7-19(8-11-25)24-12-14-26(15-13-24)21-4-2-3-9-23-21/h2-6,9,16,19H,7-8,10-15H2,1H3. The molecule has 3 heterocycles. The number of nitrogens with zero attached hydrogens (tertiary/aromatic N) is 4. The van der Waals surface area contributed by atoms with Gasteiger partial charge in [-0.2, -0.15) is 0 Å². The van der Waals surface area contributed by atoms with E-state index in [0.717, 1.165) is 50.6 Å². The van der Waals surface area contributed by atoms with Crippen LogP contribution in [0, 0.1) is 12.7 Å². The maximum absolute atomic E-state index is 13.3.